The first-order valence-corrected chi connectivity index (χ1v) is 8.07. The second-order valence-corrected chi connectivity index (χ2v) is 6.33. The Labute approximate surface area is 141 Å². The zero-order valence-corrected chi connectivity index (χ0v) is 14.1. The van der Waals surface area contributed by atoms with Gasteiger partial charge in [0.25, 0.3) is 5.91 Å². The van der Waals surface area contributed by atoms with Crippen LogP contribution >= 0.6 is 0 Å². The fourth-order valence-corrected chi connectivity index (χ4v) is 3.52. The summed E-state index contributed by atoms with van der Waals surface area (Å²) in [4.78, 5) is 12.6. The van der Waals surface area contributed by atoms with Crippen LogP contribution in [0.1, 0.15) is 32.9 Å². The molecule has 4 nitrogen and oxygen atoms in total. The summed E-state index contributed by atoms with van der Waals surface area (Å²) < 4.78 is 1.74. The number of nitrogens with zero attached hydrogens (tertiary/aromatic N) is 2. The quantitative estimate of drug-likeness (QED) is 0.610. The van der Waals surface area contributed by atoms with Crippen molar-refractivity contribution < 1.29 is 4.79 Å². The first-order chi connectivity index (χ1) is 11.5. The predicted octanol–water partition coefficient (Wildman–Crippen LogP) is 3.86. The molecule has 0 bridgehead atoms. The van der Waals surface area contributed by atoms with Gasteiger partial charge in [-0.15, -0.1) is 0 Å². The van der Waals surface area contributed by atoms with E-state index in [4.69, 9.17) is 0 Å². The summed E-state index contributed by atoms with van der Waals surface area (Å²) in [5.74, 6) is -0.103. The van der Waals surface area contributed by atoms with Gasteiger partial charge in [0.05, 0.1) is 11.3 Å². The molecule has 0 saturated carbocycles. The van der Waals surface area contributed by atoms with Gasteiger partial charge in [0.15, 0.2) is 0 Å². The topological polar surface area (TPSA) is 46.9 Å². The highest BCUT2D eigenvalue weighted by molar-refractivity contribution is 6.06. The van der Waals surface area contributed by atoms with Gasteiger partial charge in [0.2, 0.25) is 0 Å². The van der Waals surface area contributed by atoms with Crippen molar-refractivity contribution in [2.45, 2.75) is 20.3 Å². The van der Waals surface area contributed by atoms with Gasteiger partial charge in [0, 0.05) is 18.4 Å². The first-order valence-electron chi connectivity index (χ1n) is 8.07. The molecule has 120 valence electrons. The van der Waals surface area contributed by atoms with Crippen molar-refractivity contribution in [3.05, 3.63) is 70.5 Å². The number of amides is 1. The summed E-state index contributed by atoms with van der Waals surface area (Å²) in [6.07, 6.45) is 0.917. The minimum absolute atomic E-state index is 0.103. The molecule has 1 amide bonds. The maximum Gasteiger partial charge on any atom is 0.259 e. The lowest BCUT2D eigenvalue weighted by Gasteiger charge is -2.08. The van der Waals surface area contributed by atoms with Crippen LogP contribution in [-0.2, 0) is 13.5 Å². The van der Waals surface area contributed by atoms with Crippen molar-refractivity contribution in [1.82, 2.24) is 9.78 Å². The summed E-state index contributed by atoms with van der Waals surface area (Å²) in [6, 6.07) is 14.6. The van der Waals surface area contributed by atoms with Gasteiger partial charge in [-0.2, -0.15) is 5.10 Å². The van der Waals surface area contributed by atoms with Gasteiger partial charge in [-0.1, -0.05) is 30.3 Å². The van der Waals surface area contributed by atoms with Crippen LogP contribution in [0, 0.1) is 13.8 Å². The summed E-state index contributed by atoms with van der Waals surface area (Å²) in [5, 5.41) is 7.33. The van der Waals surface area contributed by atoms with E-state index in [1.807, 2.05) is 27.0 Å². The van der Waals surface area contributed by atoms with Gasteiger partial charge in [-0.25, -0.2) is 0 Å². The standard InChI is InChI=1S/C20H19N3O/c1-12-19(13(2)23(3)22-12)20(24)21-16-8-9-18-15(11-16)10-14-6-4-5-7-17(14)18/h4-9,11H,10H2,1-3H3,(H,21,24). The first kappa shape index (κ1) is 14.7. The second-order valence-electron chi connectivity index (χ2n) is 6.33. The number of benzene rings is 2. The normalized spacial score (nSPS) is 12.0. The molecule has 0 aliphatic heterocycles. The Morgan fingerprint density at radius 2 is 1.83 bits per heavy atom. The molecule has 0 atom stereocenters. The average molecular weight is 317 g/mol. The van der Waals surface area contributed by atoms with Crippen LogP contribution in [0.2, 0.25) is 0 Å². The lowest BCUT2D eigenvalue weighted by molar-refractivity contribution is 0.102. The molecule has 1 heterocycles. The zero-order chi connectivity index (χ0) is 16.8. The largest absolute Gasteiger partial charge is 0.322 e. The Bertz CT molecular complexity index is 969. The lowest BCUT2D eigenvalue weighted by Crippen LogP contribution is -2.14. The summed E-state index contributed by atoms with van der Waals surface area (Å²) in [7, 11) is 1.85. The molecule has 0 unspecified atom stereocenters. The number of hydrogen-bond acceptors (Lipinski definition) is 2. The van der Waals surface area contributed by atoms with E-state index < -0.39 is 0 Å². The molecule has 0 fully saturated rings. The fourth-order valence-electron chi connectivity index (χ4n) is 3.52. The maximum atomic E-state index is 12.6. The summed E-state index contributed by atoms with van der Waals surface area (Å²) >= 11 is 0. The van der Waals surface area contributed by atoms with E-state index in [1.54, 1.807) is 4.68 Å². The summed E-state index contributed by atoms with van der Waals surface area (Å²) in [6.45, 7) is 3.77. The number of hydrogen-bond donors (Lipinski definition) is 1. The van der Waals surface area contributed by atoms with Gasteiger partial charge in [-0.05, 0) is 54.7 Å². The number of nitrogens with one attached hydrogen (secondary N) is 1. The van der Waals surface area contributed by atoms with Crippen LogP contribution in [0.25, 0.3) is 11.1 Å². The Hall–Kier alpha value is -2.88. The maximum absolute atomic E-state index is 12.6. The van der Waals surface area contributed by atoms with E-state index in [-0.39, 0.29) is 5.91 Å². The highest BCUT2D eigenvalue weighted by Crippen LogP contribution is 2.37. The molecule has 1 aromatic heterocycles. The molecule has 0 radical (unpaired) electrons. The molecule has 4 rings (SSSR count). The van der Waals surface area contributed by atoms with Crippen molar-refractivity contribution in [2.75, 3.05) is 5.32 Å². The monoisotopic (exact) mass is 317 g/mol. The van der Waals surface area contributed by atoms with Crippen LogP contribution in [0.4, 0.5) is 5.69 Å². The number of aromatic nitrogens is 2. The van der Waals surface area contributed by atoms with Crippen molar-refractivity contribution in [3.8, 4) is 11.1 Å². The minimum Gasteiger partial charge on any atom is -0.322 e. The third kappa shape index (κ3) is 2.22. The van der Waals surface area contributed by atoms with Gasteiger partial charge < -0.3 is 5.32 Å². The molecule has 1 aliphatic carbocycles. The van der Waals surface area contributed by atoms with Gasteiger partial charge in [0.1, 0.15) is 0 Å². The van der Waals surface area contributed by atoms with Crippen LogP contribution in [0.15, 0.2) is 42.5 Å². The summed E-state index contributed by atoms with van der Waals surface area (Å²) in [5.41, 5.74) is 8.26. The highest BCUT2D eigenvalue weighted by Gasteiger charge is 2.20. The van der Waals surface area contributed by atoms with Crippen molar-refractivity contribution in [3.63, 3.8) is 0 Å². The number of rotatable bonds is 2. The SMILES string of the molecule is Cc1nn(C)c(C)c1C(=O)Nc1ccc2c(c1)Cc1ccccc1-2. The molecule has 0 spiro atoms. The number of aryl methyl sites for hydroxylation is 2. The van der Waals surface area contributed by atoms with Crippen LogP contribution in [0.3, 0.4) is 0 Å². The minimum atomic E-state index is -0.103. The Balaban J connectivity index is 1.63. The molecule has 1 aliphatic rings. The number of carbonyl (C=O) groups is 1. The molecule has 0 saturated heterocycles. The third-order valence-corrected chi connectivity index (χ3v) is 4.79. The lowest BCUT2D eigenvalue weighted by atomic mass is 10.1. The van der Waals surface area contributed by atoms with Gasteiger partial charge >= 0.3 is 0 Å². The second kappa shape index (κ2) is 5.34. The molecule has 1 N–H and O–H groups in total. The number of fused-ring (bicyclic) bond motifs is 3. The highest BCUT2D eigenvalue weighted by atomic mass is 16.1. The third-order valence-electron chi connectivity index (χ3n) is 4.79. The molecule has 4 heteroatoms. The van der Waals surface area contributed by atoms with E-state index in [1.165, 1.54) is 22.3 Å². The molecule has 3 aromatic rings. The Kier molecular flexibility index (Phi) is 3.27. The number of anilines is 1. The number of carbonyl (C=O) groups excluding carboxylic acids is 1. The van der Waals surface area contributed by atoms with Crippen molar-refractivity contribution in [1.29, 1.82) is 0 Å². The van der Waals surface area contributed by atoms with Gasteiger partial charge in [-0.3, -0.25) is 9.48 Å². The Morgan fingerprint density at radius 1 is 1.08 bits per heavy atom. The molecule has 2 aromatic carbocycles. The van der Waals surface area contributed by atoms with Crippen molar-refractivity contribution in [2.24, 2.45) is 7.05 Å². The van der Waals surface area contributed by atoms with Crippen molar-refractivity contribution >= 4 is 11.6 Å². The molecular formula is C20H19N3O. The Morgan fingerprint density at radius 3 is 2.58 bits per heavy atom. The van der Waals surface area contributed by atoms with Crippen LogP contribution in [-0.4, -0.2) is 15.7 Å². The van der Waals surface area contributed by atoms with E-state index in [9.17, 15) is 4.79 Å². The smallest absolute Gasteiger partial charge is 0.259 e. The van der Waals surface area contributed by atoms with E-state index in [2.05, 4.69) is 46.8 Å². The van der Waals surface area contributed by atoms with Crippen LogP contribution < -0.4 is 5.32 Å². The molecule has 24 heavy (non-hydrogen) atoms. The zero-order valence-electron chi connectivity index (χ0n) is 14.1. The predicted molar refractivity (Wildman–Crippen MR) is 95.3 cm³/mol. The van der Waals surface area contributed by atoms with E-state index in [0.29, 0.717) is 5.56 Å². The van der Waals surface area contributed by atoms with E-state index in [0.717, 1.165) is 23.5 Å². The van der Waals surface area contributed by atoms with E-state index >= 15 is 0 Å². The molecular weight excluding hydrogens is 298 g/mol. The average Bonchev–Trinajstić information content (AvgIpc) is 3.04. The van der Waals surface area contributed by atoms with Crippen LogP contribution in [0.5, 0.6) is 0 Å². The fraction of sp³-hybridized carbons (Fsp3) is 0.200.